The number of hydrogen-bond donors (Lipinski definition) is 1. The molecule has 1 fully saturated rings. The van der Waals surface area contributed by atoms with Gasteiger partial charge in [-0.1, -0.05) is 6.07 Å². The molecule has 0 saturated carbocycles. The molecule has 98 valence electrons. The first-order chi connectivity index (χ1) is 8.47. The van der Waals surface area contributed by atoms with Crippen molar-refractivity contribution in [3.05, 3.63) is 23.4 Å². The molecule has 1 aliphatic rings. The highest BCUT2D eigenvalue weighted by Crippen LogP contribution is 2.20. The van der Waals surface area contributed by atoms with Gasteiger partial charge < -0.3 is 14.7 Å². The maximum absolute atomic E-state index is 11.1. The van der Waals surface area contributed by atoms with Crippen LogP contribution in [-0.4, -0.2) is 41.4 Å². The minimum atomic E-state index is -0.983. The summed E-state index contributed by atoms with van der Waals surface area (Å²) in [5.74, 6) is -0.274. The highest BCUT2D eigenvalue weighted by molar-refractivity contribution is 5.87. The maximum atomic E-state index is 11.1. The van der Waals surface area contributed by atoms with Gasteiger partial charge in [0.2, 0.25) is 0 Å². The molecule has 0 aliphatic carbocycles. The van der Waals surface area contributed by atoms with E-state index in [4.69, 9.17) is 9.84 Å². The Kier molecular flexibility index (Phi) is 3.52. The predicted octanol–water partition coefficient (Wildman–Crippen LogP) is 1.70. The molecule has 2 rings (SSSR count). The predicted molar refractivity (Wildman–Crippen MR) is 68.2 cm³/mol. The van der Waals surface area contributed by atoms with Gasteiger partial charge in [-0.15, -0.1) is 0 Å². The lowest BCUT2D eigenvalue weighted by molar-refractivity contribution is -0.00546. The van der Waals surface area contributed by atoms with E-state index in [9.17, 15) is 4.79 Å². The molecule has 0 unspecified atom stereocenters. The molecule has 18 heavy (non-hydrogen) atoms. The molecule has 1 aromatic heterocycles. The summed E-state index contributed by atoms with van der Waals surface area (Å²) in [5, 5.41) is 9.09. The zero-order valence-electron chi connectivity index (χ0n) is 10.9. The zero-order valence-corrected chi connectivity index (χ0v) is 10.9. The van der Waals surface area contributed by atoms with Crippen LogP contribution in [0.5, 0.6) is 0 Å². The third kappa shape index (κ3) is 2.61. The first-order valence-corrected chi connectivity index (χ1v) is 6.08. The van der Waals surface area contributed by atoms with E-state index in [2.05, 4.69) is 9.88 Å². The molecule has 1 aromatic rings. The fraction of sp³-hybridized carbons (Fsp3) is 0.538. The van der Waals surface area contributed by atoms with E-state index in [0.717, 1.165) is 13.1 Å². The number of aromatic nitrogens is 1. The lowest BCUT2D eigenvalue weighted by Crippen LogP contribution is -2.46. The SMILES string of the molecule is Cc1ccc(N2C[C@@H](C)O[C@@H](C)C2)nc1C(=O)O. The average Bonchev–Trinajstić information content (AvgIpc) is 2.27. The fourth-order valence-electron chi connectivity index (χ4n) is 2.28. The largest absolute Gasteiger partial charge is 0.477 e. The molecule has 5 heteroatoms. The van der Waals surface area contributed by atoms with E-state index in [1.807, 2.05) is 19.9 Å². The van der Waals surface area contributed by atoms with Crippen molar-refractivity contribution in [2.24, 2.45) is 0 Å². The summed E-state index contributed by atoms with van der Waals surface area (Å²) < 4.78 is 5.65. The quantitative estimate of drug-likeness (QED) is 0.865. The van der Waals surface area contributed by atoms with E-state index >= 15 is 0 Å². The summed E-state index contributed by atoms with van der Waals surface area (Å²) >= 11 is 0. The number of carboxylic acid groups (broad SMARTS) is 1. The molecule has 0 amide bonds. The van der Waals surface area contributed by atoms with Gasteiger partial charge in [-0.2, -0.15) is 0 Å². The van der Waals surface area contributed by atoms with Crippen molar-refractivity contribution >= 4 is 11.8 Å². The number of morpholine rings is 1. The van der Waals surface area contributed by atoms with Crippen LogP contribution in [0.4, 0.5) is 5.82 Å². The van der Waals surface area contributed by atoms with E-state index in [0.29, 0.717) is 11.4 Å². The standard InChI is InChI=1S/C13H18N2O3/c1-8-4-5-11(14-12(8)13(16)17)15-6-9(2)18-10(3)7-15/h4-5,9-10H,6-7H2,1-3H3,(H,16,17)/t9-,10+. The number of aromatic carboxylic acids is 1. The van der Waals surface area contributed by atoms with Crippen molar-refractivity contribution in [1.29, 1.82) is 0 Å². The van der Waals surface area contributed by atoms with Crippen LogP contribution in [0.15, 0.2) is 12.1 Å². The smallest absolute Gasteiger partial charge is 0.354 e. The van der Waals surface area contributed by atoms with Crippen LogP contribution < -0.4 is 4.90 Å². The van der Waals surface area contributed by atoms with Gasteiger partial charge in [-0.25, -0.2) is 9.78 Å². The Morgan fingerprint density at radius 1 is 1.39 bits per heavy atom. The minimum Gasteiger partial charge on any atom is -0.477 e. The van der Waals surface area contributed by atoms with Crippen molar-refractivity contribution in [2.45, 2.75) is 33.0 Å². The normalized spacial score (nSPS) is 24.1. The van der Waals surface area contributed by atoms with E-state index < -0.39 is 5.97 Å². The van der Waals surface area contributed by atoms with Gasteiger partial charge in [-0.3, -0.25) is 0 Å². The number of aryl methyl sites for hydroxylation is 1. The number of ether oxygens (including phenoxy) is 1. The summed E-state index contributed by atoms with van der Waals surface area (Å²) in [7, 11) is 0. The van der Waals surface area contributed by atoms with Crippen molar-refractivity contribution in [1.82, 2.24) is 4.98 Å². The highest BCUT2D eigenvalue weighted by atomic mass is 16.5. The fourth-order valence-corrected chi connectivity index (χ4v) is 2.28. The molecule has 0 radical (unpaired) electrons. The third-order valence-electron chi connectivity index (χ3n) is 3.03. The Labute approximate surface area is 106 Å². The second-order valence-electron chi connectivity index (χ2n) is 4.80. The molecule has 5 nitrogen and oxygen atoms in total. The van der Waals surface area contributed by atoms with Gasteiger partial charge in [0, 0.05) is 13.1 Å². The Morgan fingerprint density at radius 2 is 2.00 bits per heavy atom. The summed E-state index contributed by atoms with van der Waals surface area (Å²) in [6.45, 7) is 7.24. The summed E-state index contributed by atoms with van der Waals surface area (Å²) in [5.41, 5.74) is 0.805. The Morgan fingerprint density at radius 3 is 2.56 bits per heavy atom. The van der Waals surface area contributed by atoms with Gasteiger partial charge >= 0.3 is 5.97 Å². The average molecular weight is 250 g/mol. The van der Waals surface area contributed by atoms with Gasteiger partial charge in [0.25, 0.3) is 0 Å². The molecule has 1 saturated heterocycles. The number of pyridine rings is 1. The Balaban J connectivity index is 2.28. The number of nitrogens with zero attached hydrogens (tertiary/aromatic N) is 2. The van der Waals surface area contributed by atoms with Gasteiger partial charge in [0.15, 0.2) is 5.69 Å². The first-order valence-electron chi connectivity index (χ1n) is 6.08. The van der Waals surface area contributed by atoms with Crippen LogP contribution in [0.2, 0.25) is 0 Å². The molecule has 2 heterocycles. The minimum absolute atomic E-state index is 0.124. The Bertz CT molecular complexity index is 452. The lowest BCUT2D eigenvalue weighted by Gasteiger charge is -2.36. The van der Waals surface area contributed by atoms with Crippen LogP contribution >= 0.6 is 0 Å². The molecular formula is C13H18N2O3. The number of carbonyl (C=O) groups is 1. The maximum Gasteiger partial charge on any atom is 0.354 e. The molecule has 0 aromatic carbocycles. The lowest BCUT2D eigenvalue weighted by atomic mass is 10.2. The van der Waals surface area contributed by atoms with Crippen LogP contribution in [0, 0.1) is 6.92 Å². The van der Waals surface area contributed by atoms with E-state index in [1.54, 1.807) is 13.0 Å². The van der Waals surface area contributed by atoms with Gasteiger partial charge in [-0.05, 0) is 32.4 Å². The summed E-state index contributed by atoms with van der Waals surface area (Å²) in [4.78, 5) is 17.4. The zero-order chi connectivity index (χ0) is 13.3. The summed E-state index contributed by atoms with van der Waals surface area (Å²) in [6.07, 6.45) is 0.260. The van der Waals surface area contributed by atoms with Gasteiger partial charge in [0.1, 0.15) is 5.82 Å². The van der Waals surface area contributed by atoms with Crippen LogP contribution in [-0.2, 0) is 4.74 Å². The second kappa shape index (κ2) is 4.94. The van der Waals surface area contributed by atoms with Crippen LogP contribution in [0.25, 0.3) is 0 Å². The molecule has 0 bridgehead atoms. The van der Waals surface area contributed by atoms with Crippen molar-refractivity contribution < 1.29 is 14.6 Å². The first kappa shape index (κ1) is 12.8. The molecule has 1 aliphatic heterocycles. The monoisotopic (exact) mass is 250 g/mol. The van der Waals surface area contributed by atoms with E-state index in [-0.39, 0.29) is 17.9 Å². The highest BCUT2D eigenvalue weighted by Gasteiger charge is 2.24. The van der Waals surface area contributed by atoms with E-state index in [1.165, 1.54) is 0 Å². The second-order valence-corrected chi connectivity index (χ2v) is 4.80. The Hall–Kier alpha value is -1.62. The van der Waals surface area contributed by atoms with Gasteiger partial charge in [0.05, 0.1) is 12.2 Å². The van der Waals surface area contributed by atoms with Crippen molar-refractivity contribution in [3.8, 4) is 0 Å². The van der Waals surface area contributed by atoms with Crippen LogP contribution in [0.1, 0.15) is 29.9 Å². The topological polar surface area (TPSA) is 62.7 Å². The molecule has 1 N–H and O–H groups in total. The summed E-state index contributed by atoms with van der Waals surface area (Å²) in [6, 6.07) is 3.67. The number of carboxylic acids is 1. The molecule has 0 spiro atoms. The molecule has 2 atom stereocenters. The van der Waals surface area contributed by atoms with Crippen LogP contribution in [0.3, 0.4) is 0 Å². The molecular weight excluding hydrogens is 232 g/mol. The number of rotatable bonds is 2. The van der Waals surface area contributed by atoms with Crippen molar-refractivity contribution in [2.75, 3.05) is 18.0 Å². The number of hydrogen-bond acceptors (Lipinski definition) is 4. The third-order valence-corrected chi connectivity index (χ3v) is 3.03. The van der Waals surface area contributed by atoms with Crippen molar-refractivity contribution in [3.63, 3.8) is 0 Å². The number of anilines is 1.